The second kappa shape index (κ2) is 5.68. The smallest absolute Gasteiger partial charge is 0.0229 e. The van der Waals surface area contributed by atoms with Crippen molar-refractivity contribution >= 4 is 21.6 Å². The minimum Gasteiger partial charge on any atom is -0.0854 e. The summed E-state index contributed by atoms with van der Waals surface area (Å²) in [5, 5.41) is 2.12. The maximum Gasteiger partial charge on any atom is 0.0229 e. The van der Waals surface area contributed by atoms with Crippen molar-refractivity contribution in [2.45, 2.75) is 6.42 Å². The zero-order valence-electron chi connectivity index (χ0n) is 10.0. The van der Waals surface area contributed by atoms with Crippen molar-refractivity contribution in [1.82, 2.24) is 0 Å². The first-order chi connectivity index (χ1) is 8.95. The van der Waals surface area contributed by atoms with Gasteiger partial charge in [0.1, 0.15) is 0 Å². The van der Waals surface area contributed by atoms with Gasteiger partial charge in [-0.2, -0.15) is 0 Å². The number of hydrogen-bond donors (Lipinski definition) is 0. The van der Waals surface area contributed by atoms with Crippen molar-refractivity contribution in [3.05, 3.63) is 71.1 Å². The molecule has 0 nitrogen and oxygen atoms in total. The van der Waals surface area contributed by atoms with Gasteiger partial charge in [0.05, 0.1) is 0 Å². The van der Waals surface area contributed by atoms with Gasteiger partial charge in [-0.15, -0.1) is 0 Å². The first kappa shape index (κ1) is 11.9. The Bertz CT molecular complexity index is 523. The van der Waals surface area contributed by atoms with Gasteiger partial charge in [0, 0.05) is 5.75 Å². The second-order valence-corrected chi connectivity index (χ2v) is 6.56. The van der Waals surface area contributed by atoms with Gasteiger partial charge >= 0.3 is 0 Å². The molecule has 1 heterocycles. The first-order valence-electron chi connectivity index (χ1n) is 6.04. The van der Waals surface area contributed by atoms with Gasteiger partial charge in [0.2, 0.25) is 0 Å². The third kappa shape index (κ3) is 2.50. The third-order valence-electron chi connectivity index (χ3n) is 3.09. The van der Waals surface area contributed by atoms with Crippen LogP contribution in [-0.4, -0.2) is 5.75 Å². The molecule has 90 valence electrons. The molecule has 0 saturated carbocycles. The zero-order chi connectivity index (χ0) is 12.2. The first-order valence-corrected chi connectivity index (χ1v) is 8.43. The van der Waals surface area contributed by atoms with Crippen LogP contribution < -0.4 is 0 Å². The highest BCUT2D eigenvalue weighted by atomic mass is 33.1. The molecule has 0 radical (unpaired) electrons. The van der Waals surface area contributed by atoms with Crippen LogP contribution in [0.4, 0.5) is 0 Å². The van der Waals surface area contributed by atoms with E-state index in [0.29, 0.717) is 0 Å². The van der Waals surface area contributed by atoms with Gasteiger partial charge in [-0.3, -0.25) is 0 Å². The molecule has 2 heteroatoms. The van der Waals surface area contributed by atoms with Crippen LogP contribution in [0, 0.1) is 0 Å². The van der Waals surface area contributed by atoms with Crippen LogP contribution in [-0.2, 0) is 6.42 Å². The van der Waals surface area contributed by atoms with E-state index in [4.69, 9.17) is 0 Å². The number of fused-ring (bicyclic) bond motifs is 3. The van der Waals surface area contributed by atoms with Crippen LogP contribution in [0.5, 0.6) is 0 Å². The summed E-state index contributed by atoms with van der Waals surface area (Å²) >= 11 is 0. The standard InChI is InChI=1S/C13H10.C3H4S2/c1-3-7-12-10(5-1)9-11-6-2-4-8-13(11)12;1-2-4-5-3-1/h1-8H,9H2;1-2H,3H2. The largest absolute Gasteiger partial charge is 0.0854 e. The lowest BCUT2D eigenvalue weighted by Crippen LogP contribution is -1.77. The fourth-order valence-electron chi connectivity index (χ4n) is 2.28. The summed E-state index contributed by atoms with van der Waals surface area (Å²) < 4.78 is 0. The molecule has 0 bridgehead atoms. The number of benzene rings is 2. The van der Waals surface area contributed by atoms with Crippen molar-refractivity contribution < 1.29 is 0 Å². The Morgan fingerprint density at radius 3 is 1.83 bits per heavy atom. The van der Waals surface area contributed by atoms with E-state index in [1.165, 1.54) is 28.0 Å². The maximum absolute atomic E-state index is 2.22. The highest BCUT2D eigenvalue weighted by Gasteiger charge is 2.15. The quantitative estimate of drug-likeness (QED) is 0.518. The predicted octanol–water partition coefficient (Wildman–Crippen LogP) is 5.15. The Hall–Kier alpha value is -1.12. The van der Waals surface area contributed by atoms with E-state index in [1.807, 2.05) is 21.6 Å². The molecular weight excluding hydrogens is 256 g/mol. The number of hydrogen-bond acceptors (Lipinski definition) is 2. The van der Waals surface area contributed by atoms with Gasteiger partial charge in [-0.05, 0) is 34.1 Å². The van der Waals surface area contributed by atoms with Crippen LogP contribution >= 0.6 is 21.6 Å². The van der Waals surface area contributed by atoms with Crippen molar-refractivity contribution in [2.24, 2.45) is 0 Å². The molecule has 0 unspecified atom stereocenters. The SMILES string of the molecule is C1=CSSC1.c1ccc2c(c1)Cc1ccccc1-2. The summed E-state index contributed by atoms with van der Waals surface area (Å²) in [6.45, 7) is 0. The highest BCUT2D eigenvalue weighted by molar-refractivity contribution is 8.78. The average molecular weight is 270 g/mol. The zero-order valence-corrected chi connectivity index (χ0v) is 11.6. The third-order valence-corrected chi connectivity index (χ3v) is 5.01. The van der Waals surface area contributed by atoms with E-state index in [2.05, 4.69) is 60.0 Å². The average Bonchev–Trinajstić information content (AvgIpc) is 3.10. The molecular formula is C16H14S2. The normalized spacial score (nSPS) is 14.7. The monoisotopic (exact) mass is 270 g/mol. The molecule has 2 aliphatic rings. The fourth-order valence-corrected chi connectivity index (χ4v) is 3.85. The summed E-state index contributed by atoms with van der Waals surface area (Å²) in [5.74, 6) is 1.20. The lowest BCUT2D eigenvalue weighted by molar-refractivity contribution is 1.26. The van der Waals surface area contributed by atoms with Crippen LogP contribution in [0.25, 0.3) is 11.1 Å². The molecule has 0 N–H and O–H groups in total. The van der Waals surface area contributed by atoms with E-state index >= 15 is 0 Å². The highest BCUT2D eigenvalue weighted by Crippen LogP contribution is 2.35. The van der Waals surface area contributed by atoms with Gasteiger partial charge in [0.15, 0.2) is 0 Å². The predicted molar refractivity (Wildman–Crippen MR) is 83.9 cm³/mol. The Labute approximate surface area is 116 Å². The molecule has 2 aromatic rings. The van der Waals surface area contributed by atoms with E-state index in [9.17, 15) is 0 Å². The Morgan fingerprint density at radius 2 is 1.39 bits per heavy atom. The lowest BCUT2D eigenvalue weighted by atomic mass is 10.1. The molecule has 1 aliphatic carbocycles. The fraction of sp³-hybridized carbons (Fsp3) is 0.125. The molecule has 0 amide bonds. The molecule has 2 aromatic carbocycles. The molecule has 0 atom stereocenters. The molecule has 0 fully saturated rings. The summed E-state index contributed by atoms with van der Waals surface area (Å²) in [6.07, 6.45) is 3.27. The Balaban J connectivity index is 0.000000169. The lowest BCUT2D eigenvalue weighted by Gasteiger charge is -1.98. The van der Waals surface area contributed by atoms with Crippen molar-refractivity contribution in [3.63, 3.8) is 0 Å². The van der Waals surface area contributed by atoms with E-state index in [0.717, 1.165) is 6.42 Å². The van der Waals surface area contributed by atoms with Gasteiger partial charge < -0.3 is 0 Å². The van der Waals surface area contributed by atoms with E-state index in [1.54, 1.807) is 0 Å². The Kier molecular flexibility index (Phi) is 3.77. The Morgan fingerprint density at radius 1 is 0.778 bits per heavy atom. The second-order valence-electron chi connectivity index (χ2n) is 4.24. The van der Waals surface area contributed by atoms with Crippen LogP contribution in [0.1, 0.15) is 11.1 Å². The summed E-state index contributed by atoms with van der Waals surface area (Å²) in [7, 11) is 3.69. The maximum atomic E-state index is 2.22. The molecule has 1 aliphatic heterocycles. The van der Waals surface area contributed by atoms with Crippen molar-refractivity contribution in [2.75, 3.05) is 5.75 Å². The minimum absolute atomic E-state index is 1.10. The summed E-state index contributed by atoms with van der Waals surface area (Å²) in [4.78, 5) is 0. The van der Waals surface area contributed by atoms with Crippen LogP contribution in [0.15, 0.2) is 60.0 Å². The van der Waals surface area contributed by atoms with E-state index < -0.39 is 0 Å². The molecule has 18 heavy (non-hydrogen) atoms. The topological polar surface area (TPSA) is 0 Å². The molecule has 0 saturated heterocycles. The molecule has 0 aromatic heterocycles. The van der Waals surface area contributed by atoms with Crippen molar-refractivity contribution in [1.29, 1.82) is 0 Å². The minimum atomic E-state index is 1.10. The van der Waals surface area contributed by atoms with Crippen LogP contribution in [0.3, 0.4) is 0 Å². The van der Waals surface area contributed by atoms with Crippen molar-refractivity contribution in [3.8, 4) is 11.1 Å². The van der Waals surface area contributed by atoms with Gasteiger partial charge in [0.25, 0.3) is 0 Å². The van der Waals surface area contributed by atoms with Crippen LogP contribution in [0.2, 0.25) is 0 Å². The summed E-state index contributed by atoms with van der Waals surface area (Å²) in [6, 6.07) is 17.3. The molecule has 0 spiro atoms. The summed E-state index contributed by atoms with van der Waals surface area (Å²) in [5.41, 5.74) is 5.75. The number of rotatable bonds is 0. The van der Waals surface area contributed by atoms with Gasteiger partial charge in [-0.1, -0.05) is 76.2 Å². The molecule has 4 rings (SSSR count). The van der Waals surface area contributed by atoms with E-state index in [-0.39, 0.29) is 0 Å². The van der Waals surface area contributed by atoms with Gasteiger partial charge in [-0.25, -0.2) is 0 Å².